The maximum atomic E-state index is 12.5. The first-order valence-electron chi connectivity index (χ1n) is 8.86. The third-order valence-corrected chi connectivity index (χ3v) is 3.83. The first kappa shape index (κ1) is 19.6. The molecule has 7 heteroatoms. The Bertz CT molecular complexity index is 699. The Hall–Kier alpha value is -2.70. The molecule has 1 aliphatic heterocycles. The zero-order chi connectivity index (χ0) is 19.1. The molecule has 26 heavy (non-hydrogen) atoms. The standard InChI is InChI=1S/C19H26N2O5/c1-5-10-26-18(22)16-12(4)20-19(23)21-17(16)13-8-9-14(24-6-2)15(11-13)25-7-3/h8-9,11,17H,5-7,10H2,1-4H3,(H2,20,21,23). The van der Waals surface area contributed by atoms with Crippen LogP contribution in [0.25, 0.3) is 0 Å². The van der Waals surface area contributed by atoms with Gasteiger partial charge >= 0.3 is 12.0 Å². The van der Waals surface area contributed by atoms with Crippen LogP contribution in [0.2, 0.25) is 0 Å². The van der Waals surface area contributed by atoms with E-state index < -0.39 is 12.0 Å². The molecule has 2 amide bonds. The summed E-state index contributed by atoms with van der Waals surface area (Å²) in [6.07, 6.45) is 0.722. The molecule has 1 atom stereocenters. The van der Waals surface area contributed by atoms with Crippen molar-refractivity contribution < 1.29 is 23.8 Å². The second-order valence-electron chi connectivity index (χ2n) is 5.78. The highest BCUT2D eigenvalue weighted by Crippen LogP contribution is 2.34. The van der Waals surface area contributed by atoms with E-state index in [1.807, 2.05) is 26.8 Å². The molecule has 0 saturated carbocycles. The Balaban J connectivity index is 2.42. The molecule has 2 rings (SSSR count). The van der Waals surface area contributed by atoms with E-state index in [1.54, 1.807) is 19.1 Å². The van der Waals surface area contributed by atoms with Gasteiger partial charge in [-0.3, -0.25) is 0 Å². The van der Waals surface area contributed by atoms with Crippen LogP contribution in [0.5, 0.6) is 11.5 Å². The van der Waals surface area contributed by atoms with Gasteiger partial charge in [0.05, 0.1) is 31.4 Å². The van der Waals surface area contributed by atoms with Gasteiger partial charge in [0, 0.05) is 5.70 Å². The number of benzene rings is 1. The molecule has 0 saturated heterocycles. The molecular weight excluding hydrogens is 336 g/mol. The van der Waals surface area contributed by atoms with E-state index in [-0.39, 0.29) is 6.03 Å². The van der Waals surface area contributed by atoms with Crippen molar-refractivity contribution >= 4 is 12.0 Å². The van der Waals surface area contributed by atoms with Gasteiger partial charge in [0.2, 0.25) is 0 Å². The fourth-order valence-corrected chi connectivity index (χ4v) is 2.73. The lowest BCUT2D eigenvalue weighted by Crippen LogP contribution is -2.45. The summed E-state index contributed by atoms with van der Waals surface area (Å²) in [5.74, 6) is 0.737. The Morgan fingerprint density at radius 2 is 1.81 bits per heavy atom. The number of allylic oxidation sites excluding steroid dienone is 1. The summed E-state index contributed by atoms with van der Waals surface area (Å²) in [6.45, 7) is 8.69. The lowest BCUT2D eigenvalue weighted by molar-refractivity contribution is -0.139. The molecule has 1 aliphatic rings. The van der Waals surface area contributed by atoms with E-state index in [0.29, 0.717) is 42.6 Å². The van der Waals surface area contributed by atoms with E-state index in [1.165, 1.54) is 0 Å². The van der Waals surface area contributed by atoms with Crippen molar-refractivity contribution in [2.45, 2.75) is 40.2 Å². The molecule has 142 valence electrons. The second-order valence-corrected chi connectivity index (χ2v) is 5.78. The largest absolute Gasteiger partial charge is 0.490 e. The van der Waals surface area contributed by atoms with Crippen molar-refractivity contribution in [3.05, 3.63) is 35.0 Å². The third-order valence-electron chi connectivity index (χ3n) is 3.83. The zero-order valence-electron chi connectivity index (χ0n) is 15.7. The van der Waals surface area contributed by atoms with Gasteiger partial charge in [-0.05, 0) is 44.9 Å². The van der Waals surface area contributed by atoms with Crippen molar-refractivity contribution in [2.24, 2.45) is 0 Å². The van der Waals surface area contributed by atoms with Crippen molar-refractivity contribution in [2.75, 3.05) is 19.8 Å². The highest BCUT2D eigenvalue weighted by Gasteiger charge is 2.32. The van der Waals surface area contributed by atoms with Crippen LogP contribution in [0.3, 0.4) is 0 Å². The van der Waals surface area contributed by atoms with E-state index in [2.05, 4.69) is 10.6 Å². The summed E-state index contributed by atoms with van der Waals surface area (Å²) in [5, 5.41) is 5.42. The molecule has 1 unspecified atom stereocenters. The highest BCUT2D eigenvalue weighted by atomic mass is 16.5. The van der Waals surface area contributed by atoms with Crippen LogP contribution >= 0.6 is 0 Å². The predicted octanol–water partition coefficient (Wildman–Crippen LogP) is 3.07. The number of ether oxygens (including phenoxy) is 3. The number of esters is 1. The summed E-state index contributed by atoms with van der Waals surface area (Å²) in [4.78, 5) is 24.5. The molecule has 1 aromatic rings. The van der Waals surface area contributed by atoms with Crippen LogP contribution in [0, 0.1) is 0 Å². The molecule has 1 heterocycles. The molecule has 2 N–H and O–H groups in total. The summed E-state index contributed by atoms with van der Waals surface area (Å²) >= 11 is 0. The minimum atomic E-state index is -0.622. The van der Waals surface area contributed by atoms with E-state index in [4.69, 9.17) is 14.2 Å². The van der Waals surface area contributed by atoms with E-state index in [9.17, 15) is 9.59 Å². The average Bonchev–Trinajstić information content (AvgIpc) is 2.61. The fraction of sp³-hybridized carbons (Fsp3) is 0.474. The monoisotopic (exact) mass is 362 g/mol. The first-order chi connectivity index (χ1) is 12.5. The summed E-state index contributed by atoms with van der Waals surface area (Å²) in [7, 11) is 0. The number of amides is 2. The maximum Gasteiger partial charge on any atom is 0.338 e. The summed E-state index contributed by atoms with van der Waals surface area (Å²) in [5.41, 5.74) is 1.57. The van der Waals surface area contributed by atoms with Crippen molar-refractivity contribution in [1.29, 1.82) is 0 Å². The van der Waals surface area contributed by atoms with Gasteiger partial charge in [0.1, 0.15) is 0 Å². The van der Waals surface area contributed by atoms with E-state index >= 15 is 0 Å². The highest BCUT2D eigenvalue weighted by molar-refractivity contribution is 5.95. The lowest BCUT2D eigenvalue weighted by Gasteiger charge is -2.28. The number of carbonyl (C=O) groups excluding carboxylic acids is 2. The Morgan fingerprint density at radius 1 is 1.12 bits per heavy atom. The fourth-order valence-electron chi connectivity index (χ4n) is 2.73. The molecule has 0 bridgehead atoms. The van der Waals surface area contributed by atoms with Crippen LogP contribution in [-0.2, 0) is 9.53 Å². The molecule has 0 radical (unpaired) electrons. The number of hydrogen-bond acceptors (Lipinski definition) is 5. The SMILES string of the molecule is CCCOC(=O)C1=C(C)NC(=O)NC1c1ccc(OCC)c(OCC)c1. The topological polar surface area (TPSA) is 85.9 Å². The van der Waals surface area contributed by atoms with Crippen molar-refractivity contribution in [3.8, 4) is 11.5 Å². The molecule has 1 aromatic carbocycles. The Labute approximate surface area is 153 Å². The van der Waals surface area contributed by atoms with Crippen LogP contribution in [0.15, 0.2) is 29.5 Å². The predicted molar refractivity (Wildman–Crippen MR) is 97.1 cm³/mol. The smallest absolute Gasteiger partial charge is 0.338 e. The van der Waals surface area contributed by atoms with Gasteiger partial charge in [-0.15, -0.1) is 0 Å². The molecular formula is C19H26N2O5. The summed E-state index contributed by atoms with van der Waals surface area (Å²) < 4.78 is 16.5. The van der Waals surface area contributed by atoms with Gasteiger partial charge in [0.25, 0.3) is 0 Å². The van der Waals surface area contributed by atoms with Gasteiger partial charge in [-0.1, -0.05) is 13.0 Å². The van der Waals surface area contributed by atoms with Gasteiger partial charge < -0.3 is 24.8 Å². The first-order valence-corrected chi connectivity index (χ1v) is 8.86. The molecule has 0 spiro atoms. The second kappa shape index (κ2) is 9.12. The van der Waals surface area contributed by atoms with Gasteiger partial charge in [0.15, 0.2) is 11.5 Å². The number of carbonyl (C=O) groups is 2. The van der Waals surface area contributed by atoms with Crippen LogP contribution in [-0.4, -0.2) is 31.8 Å². The number of hydrogen-bond donors (Lipinski definition) is 2. The minimum Gasteiger partial charge on any atom is -0.490 e. The normalized spacial score (nSPS) is 16.6. The lowest BCUT2D eigenvalue weighted by atomic mass is 9.95. The molecule has 0 aliphatic carbocycles. The quantitative estimate of drug-likeness (QED) is 0.694. The van der Waals surface area contributed by atoms with Crippen LogP contribution < -0.4 is 20.1 Å². The molecule has 7 nitrogen and oxygen atoms in total. The Morgan fingerprint density at radius 3 is 2.46 bits per heavy atom. The average molecular weight is 362 g/mol. The third kappa shape index (κ3) is 4.47. The summed E-state index contributed by atoms with van der Waals surface area (Å²) in [6, 6.07) is 4.38. The maximum absolute atomic E-state index is 12.5. The number of nitrogens with one attached hydrogen (secondary N) is 2. The zero-order valence-corrected chi connectivity index (χ0v) is 15.7. The number of urea groups is 1. The minimum absolute atomic E-state index is 0.323. The van der Waals surface area contributed by atoms with E-state index in [0.717, 1.165) is 12.0 Å². The van der Waals surface area contributed by atoms with Crippen molar-refractivity contribution in [1.82, 2.24) is 10.6 Å². The number of rotatable bonds is 8. The molecule has 0 fully saturated rings. The molecule has 0 aromatic heterocycles. The van der Waals surface area contributed by atoms with Crippen LogP contribution in [0.4, 0.5) is 4.79 Å². The van der Waals surface area contributed by atoms with Crippen molar-refractivity contribution in [3.63, 3.8) is 0 Å². The van der Waals surface area contributed by atoms with Crippen LogP contribution in [0.1, 0.15) is 45.7 Å². The van der Waals surface area contributed by atoms with Gasteiger partial charge in [-0.2, -0.15) is 0 Å². The van der Waals surface area contributed by atoms with Gasteiger partial charge in [-0.25, -0.2) is 9.59 Å². The Kier molecular flexibility index (Phi) is 6.89.